The Balaban J connectivity index is 1.12. The maximum absolute atomic E-state index is 13.2. The summed E-state index contributed by atoms with van der Waals surface area (Å²) in [5.74, 6) is 0.956. The quantitative estimate of drug-likeness (QED) is 0.272. The van der Waals surface area contributed by atoms with Crippen LogP contribution in [0.5, 0.6) is 5.75 Å². The van der Waals surface area contributed by atoms with Crippen molar-refractivity contribution in [2.45, 2.75) is 6.92 Å². The minimum atomic E-state index is -0.418. The Morgan fingerprint density at radius 2 is 1.54 bits per heavy atom. The first-order valence-corrected chi connectivity index (χ1v) is 13.6. The summed E-state index contributed by atoms with van der Waals surface area (Å²) >= 11 is 0. The molecule has 204 valence electrons. The fraction of sp³-hybridized carbons (Fsp3) is 0.188. The molecule has 0 radical (unpaired) electrons. The second-order valence-electron chi connectivity index (χ2n) is 10.2. The summed E-state index contributed by atoms with van der Waals surface area (Å²) in [6.45, 7) is 5.27. The van der Waals surface area contributed by atoms with Crippen molar-refractivity contribution in [3.63, 3.8) is 0 Å². The number of nitrogens with zero attached hydrogens (tertiary/aromatic N) is 7. The Kier molecular flexibility index (Phi) is 6.19. The van der Waals surface area contributed by atoms with Crippen LogP contribution in [0, 0.1) is 12.7 Å². The molecule has 6 aromatic rings. The molecule has 0 spiro atoms. The minimum Gasteiger partial charge on any atom is -0.497 e. The van der Waals surface area contributed by atoms with Gasteiger partial charge >= 0.3 is 0 Å². The van der Waals surface area contributed by atoms with Crippen LogP contribution in [0.4, 0.5) is 16.0 Å². The van der Waals surface area contributed by atoms with Crippen LogP contribution < -0.4 is 14.5 Å². The van der Waals surface area contributed by atoms with Crippen LogP contribution in [0.25, 0.3) is 38.9 Å². The summed E-state index contributed by atoms with van der Waals surface area (Å²) in [4.78, 5) is 22.1. The Labute approximate surface area is 236 Å². The van der Waals surface area contributed by atoms with E-state index in [4.69, 9.17) is 14.7 Å². The van der Waals surface area contributed by atoms with E-state index in [0.717, 1.165) is 76.6 Å². The zero-order chi connectivity index (χ0) is 27.9. The van der Waals surface area contributed by atoms with Crippen molar-refractivity contribution in [2.75, 3.05) is 43.1 Å². The average Bonchev–Trinajstić information content (AvgIpc) is 3.44. The Morgan fingerprint density at radius 3 is 2.29 bits per heavy atom. The molecule has 0 bridgehead atoms. The molecule has 1 aliphatic heterocycles. The Bertz CT molecular complexity index is 1860. The summed E-state index contributed by atoms with van der Waals surface area (Å²) in [5.41, 5.74) is 8.26. The van der Waals surface area contributed by atoms with Gasteiger partial charge in [0.2, 0.25) is 5.95 Å². The van der Waals surface area contributed by atoms with Crippen molar-refractivity contribution in [1.29, 1.82) is 0 Å². The summed E-state index contributed by atoms with van der Waals surface area (Å²) in [5, 5.41) is 1.03. The van der Waals surface area contributed by atoms with E-state index in [-0.39, 0.29) is 0 Å². The van der Waals surface area contributed by atoms with Crippen LogP contribution in [0.3, 0.4) is 0 Å². The number of hydrogen-bond acceptors (Lipinski definition) is 7. The lowest BCUT2D eigenvalue weighted by molar-refractivity contribution is 0.415. The van der Waals surface area contributed by atoms with Gasteiger partial charge in [-0.15, -0.1) is 0 Å². The van der Waals surface area contributed by atoms with Gasteiger partial charge in [-0.1, -0.05) is 12.1 Å². The molecule has 0 amide bonds. The molecule has 0 atom stereocenters. The molecule has 0 unspecified atom stereocenters. The van der Waals surface area contributed by atoms with Crippen LogP contribution in [0.15, 0.2) is 85.5 Å². The first-order chi connectivity index (χ1) is 20.1. The summed E-state index contributed by atoms with van der Waals surface area (Å²) in [6, 6.07) is 21.0. The molecule has 5 heterocycles. The summed E-state index contributed by atoms with van der Waals surface area (Å²) < 4.78 is 20.8. The van der Waals surface area contributed by atoms with E-state index < -0.39 is 5.82 Å². The van der Waals surface area contributed by atoms with Gasteiger partial charge < -0.3 is 14.5 Å². The molecule has 1 fully saturated rings. The van der Waals surface area contributed by atoms with Crippen LogP contribution in [-0.2, 0) is 0 Å². The number of rotatable bonds is 5. The molecule has 1 saturated heterocycles. The van der Waals surface area contributed by atoms with Crippen LogP contribution in [0.1, 0.15) is 5.69 Å². The van der Waals surface area contributed by atoms with Crippen molar-refractivity contribution in [3.8, 4) is 28.1 Å². The predicted molar refractivity (Wildman–Crippen MR) is 159 cm³/mol. The highest BCUT2D eigenvalue weighted by Gasteiger charge is 2.19. The van der Waals surface area contributed by atoms with Crippen molar-refractivity contribution in [1.82, 2.24) is 24.3 Å². The molecule has 8 nitrogen and oxygen atoms in total. The van der Waals surface area contributed by atoms with Crippen molar-refractivity contribution >= 4 is 28.2 Å². The molecule has 41 heavy (non-hydrogen) atoms. The highest BCUT2D eigenvalue weighted by Crippen LogP contribution is 2.33. The number of imidazole rings is 1. The number of methoxy groups -OCH3 is 1. The van der Waals surface area contributed by atoms with Gasteiger partial charge in [-0.05, 0) is 66.6 Å². The summed E-state index contributed by atoms with van der Waals surface area (Å²) in [6.07, 6.45) is 6.44. The number of fused-ring (bicyclic) bond motifs is 2. The van der Waals surface area contributed by atoms with Crippen LogP contribution in [0.2, 0.25) is 0 Å². The number of aromatic nitrogens is 5. The zero-order valence-corrected chi connectivity index (χ0v) is 22.8. The van der Waals surface area contributed by atoms with E-state index >= 15 is 0 Å². The highest BCUT2D eigenvalue weighted by molar-refractivity contribution is 5.95. The average molecular weight is 546 g/mol. The van der Waals surface area contributed by atoms with Gasteiger partial charge in [0.1, 0.15) is 11.4 Å². The fourth-order valence-electron chi connectivity index (χ4n) is 5.53. The fourth-order valence-corrected chi connectivity index (χ4v) is 5.53. The minimum absolute atomic E-state index is 0.418. The van der Waals surface area contributed by atoms with E-state index in [2.05, 4.69) is 72.8 Å². The number of benzene rings is 2. The van der Waals surface area contributed by atoms with Crippen LogP contribution in [-0.4, -0.2) is 57.6 Å². The maximum Gasteiger partial charge on any atom is 0.225 e. The van der Waals surface area contributed by atoms with Crippen molar-refractivity contribution in [3.05, 3.63) is 97.0 Å². The second-order valence-corrected chi connectivity index (χ2v) is 10.2. The molecule has 2 aromatic carbocycles. The maximum atomic E-state index is 13.2. The van der Waals surface area contributed by atoms with Gasteiger partial charge in [-0.25, -0.2) is 19.3 Å². The third-order valence-corrected chi connectivity index (χ3v) is 7.67. The lowest BCUT2D eigenvalue weighted by Gasteiger charge is -2.36. The number of pyridine rings is 2. The van der Waals surface area contributed by atoms with Crippen LogP contribution >= 0.6 is 0 Å². The highest BCUT2D eigenvalue weighted by atomic mass is 19.1. The van der Waals surface area contributed by atoms with Crippen molar-refractivity contribution < 1.29 is 9.13 Å². The van der Waals surface area contributed by atoms with E-state index in [0.29, 0.717) is 5.95 Å². The largest absolute Gasteiger partial charge is 0.497 e. The molecule has 0 saturated carbocycles. The number of anilines is 2. The monoisotopic (exact) mass is 545 g/mol. The van der Waals surface area contributed by atoms with Gasteiger partial charge in [0.05, 0.1) is 36.9 Å². The Morgan fingerprint density at radius 1 is 0.780 bits per heavy atom. The second kappa shape index (κ2) is 10.2. The number of piperazine rings is 1. The molecule has 0 aliphatic carbocycles. The van der Waals surface area contributed by atoms with E-state index in [9.17, 15) is 4.39 Å². The lowest BCUT2D eigenvalue weighted by atomic mass is 10.0. The summed E-state index contributed by atoms with van der Waals surface area (Å²) in [7, 11) is 1.68. The third kappa shape index (κ3) is 4.69. The number of hydrogen-bond donors (Lipinski definition) is 0. The molecular formula is C32H28FN7O. The van der Waals surface area contributed by atoms with Gasteiger partial charge in [0.15, 0.2) is 5.82 Å². The molecule has 1 aliphatic rings. The van der Waals surface area contributed by atoms with Gasteiger partial charge in [-0.3, -0.25) is 9.38 Å². The molecule has 9 heteroatoms. The third-order valence-electron chi connectivity index (χ3n) is 7.67. The smallest absolute Gasteiger partial charge is 0.225 e. The number of ether oxygens (including phenoxy) is 1. The normalized spacial score (nSPS) is 13.7. The predicted octanol–water partition coefficient (Wildman–Crippen LogP) is 5.79. The zero-order valence-electron chi connectivity index (χ0n) is 22.8. The van der Waals surface area contributed by atoms with E-state index in [1.54, 1.807) is 7.11 Å². The van der Waals surface area contributed by atoms with E-state index in [1.807, 2.05) is 31.3 Å². The SMILES string of the molecule is COc1ccc2nc(C)cc(-c3cnc4cc(-c5ccc(N6CCN(c7ncc(F)cn7)CC6)cc5)ccn34)c2c1. The van der Waals surface area contributed by atoms with Crippen molar-refractivity contribution in [2.24, 2.45) is 0 Å². The first-order valence-electron chi connectivity index (χ1n) is 13.6. The topological polar surface area (TPSA) is 71.7 Å². The Hall–Kier alpha value is -5.05. The standard InChI is InChI=1S/C32H28FN7O/c1-21-15-28(27-17-26(41-2)7-8-29(27)37-21)30-20-34-31-16-23(9-10-40(30)31)22-3-5-25(6-4-22)38-11-13-39(14-12-38)32-35-18-24(33)19-36-32/h3-10,15-20H,11-14H2,1-2H3. The molecule has 7 rings (SSSR count). The number of aryl methyl sites for hydroxylation is 1. The van der Waals surface area contributed by atoms with Gasteiger partial charge in [-0.2, -0.15) is 0 Å². The first kappa shape index (κ1) is 25.0. The molecular weight excluding hydrogens is 517 g/mol. The van der Waals surface area contributed by atoms with Gasteiger partial charge in [0.25, 0.3) is 0 Å². The van der Waals surface area contributed by atoms with E-state index in [1.165, 1.54) is 18.1 Å². The lowest BCUT2D eigenvalue weighted by Crippen LogP contribution is -2.47. The number of halogens is 1. The van der Waals surface area contributed by atoms with Gasteiger partial charge in [0, 0.05) is 54.7 Å². The molecule has 4 aromatic heterocycles. The molecule has 0 N–H and O–H groups in total.